The fourth-order valence-corrected chi connectivity index (χ4v) is 2.54. The summed E-state index contributed by atoms with van der Waals surface area (Å²) in [4.78, 5) is 0. The molecule has 0 saturated carbocycles. The molecule has 0 bridgehead atoms. The number of hydrogen-bond acceptors (Lipinski definition) is 3. The predicted octanol–water partition coefficient (Wildman–Crippen LogP) is 1.62. The van der Waals surface area contributed by atoms with Crippen LogP contribution in [0.5, 0.6) is 0 Å². The lowest BCUT2D eigenvalue weighted by molar-refractivity contribution is 0.144. The highest BCUT2D eigenvalue weighted by atomic mass is 19.1. The number of hydrogen-bond donors (Lipinski definition) is 1. The van der Waals surface area contributed by atoms with Gasteiger partial charge in [0, 0.05) is 25.7 Å². The Morgan fingerprint density at radius 1 is 1.59 bits per heavy atom. The molecule has 0 amide bonds. The van der Waals surface area contributed by atoms with E-state index in [1.165, 1.54) is 12.8 Å². The second-order valence-corrected chi connectivity index (χ2v) is 5.32. The highest BCUT2D eigenvalue weighted by Crippen LogP contribution is 2.25. The molecule has 0 aromatic carbocycles. The molecule has 5 heteroatoms. The van der Waals surface area contributed by atoms with Gasteiger partial charge in [0.2, 0.25) is 0 Å². The van der Waals surface area contributed by atoms with E-state index in [1.54, 1.807) is 24.9 Å². The average Bonchev–Trinajstić information content (AvgIpc) is 2.63. The summed E-state index contributed by atoms with van der Waals surface area (Å²) in [5.41, 5.74) is -0.473. The maximum atomic E-state index is 14.5. The van der Waals surface area contributed by atoms with Crippen molar-refractivity contribution in [3.63, 3.8) is 0 Å². The normalized spacial score (nSPS) is 24.5. The molecule has 1 saturated heterocycles. The maximum Gasteiger partial charge on any atom is 0.115 e. The number of piperidine rings is 1. The highest BCUT2D eigenvalue weighted by molar-refractivity contribution is 4.99. The molecule has 4 nitrogen and oxygen atoms in total. The molecule has 2 atom stereocenters. The van der Waals surface area contributed by atoms with Gasteiger partial charge in [-0.15, -0.1) is 5.10 Å². The number of rotatable bonds is 4. The Bertz CT molecular complexity index is 355. The lowest BCUT2D eigenvalue weighted by atomic mass is 9.90. The van der Waals surface area contributed by atoms with Crippen LogP contribution in [-0.4, -0.2) is 33.2 Å². The van der Waals surface area contributed by atoms with E-state index in [0.717, 1.165) is 18.7 Å². The zero-order valence-corrected chi connectivity index (χ0v) is 10.6. The number of nitrogens with zero attached hydrogens (tertiary/aromatic N) is 3. The van der Waals surface area contributed by atoms with E-state index < -0.39 is 5.67 Å². The summed E-state index contributed by atoms with van der Waals surface area (Å²) < 4.78 is 16.1. The molecule has 2 unspecified atom stereocenters. The van der Waals surface area contributed by atoms with Gasteiger partial charge in [0.1, 0.15) is 5.67 Å². The van der Waals surface area contributed by atoms with Crippen molar-refractivity contribution in [2.45, 2.75) is 50.7 Å². The van der Waals surface area contributed by atoms with Crippen molar-refractivity contribution in [2.75, 3.05) is 6.54 Å². The van der Waals surface area contributed by atoms with Crippen LogP contribution in [0.1, 0.15) is 38.3 Å². The first-order valence-corrected chi connectivity index (χ1v) is 6.33. The van der Waals surface area contributed by atoms with Crippen molar-refractivity contribution < 1.29 is 4.39 Å². The molecule has 2 rings (SSSR count). The van der Waals surface area contributed by atoms with E-state index in [9.17, 15) is 4.39 Å². The van der Waals surface area contributed by atoms with E-state index in [-0.39, 0.29) is 0 Å². The Kier molecular flexibility index (Phi) is 3.76. The zero-order valence-electron chi connectivity index (χ0n) is 10.6. The molecule has 2 heterocycles. The van der Waals surface area contributed by atoms with E-state index in [1.807, 2.05) is 0 Å². The Hall–Kier alpha value is -0.970. The van der Waals surface area contributed by atoms with Crippen molar-refractivity contribution in [1.29, 1.82) is 0 Å². The minimum Gasteiger partial charge on any atom is -0.314 e. The third-order valence-corrected chi connectivity index (χ3v) is 3.28. The fourth-order valence-electron chi connectivity index (χ4n) is 2.54. The SMILES string of the molecule is Cn1cc(CC(C)(F)CC2CCCCN2)nn1. The smallest absolute Gasteiger partial charge is 0.115 e. The van der Waals surface area contributed by atoms with E-state index in [2.05, 4.69) is 15.6 Å². The van der Waals surface area contributed by atoms with E-state index >= 15 is 0 Å². The predicted molar refractivity (Wildman–Crippen MR) is 64.5 cm³/mol. The Morgan fingerprint density at radius 3 is 3.00 bits per heavy atom. The van der Waals surface area contributed by atoms with Gasteiger partial charge < -0.3 is 5.32 Å². The summed E-state index contributed by atoms with van der Waals surface area (Å²) in [6, 6.07) is 0.315. The third-order valence-electron chi connectivity index (χ3n) is 3.28. The van der Waals surface area contributed by atoms with Crippen LogP contribution < -0.4 is 5.32 Å². The second kappa shape index (κ2) is 5.12. The molecular formula is C12H21FN4. The van der Waals surface area contributed by atoms with E-state index in [0.29, 0.717) is 18.9 Å². The van der Waals surface area contributed by atoms with E-state index in [4.69, 9.17) is 0 Å². The van der Waals surface area contributed by atoms with Crippen LogP contribution in [0, 0.1) is 0 Å². The fraction of sp³-hybridized carbons (Fsp3) is 0.833. The summed E-state index contributed by atoms with van der Waals surface area (Å²) in [5.74, 6) is 0. The van der Waals surface area contributed by atoms with Crippen LogP contribution in [0.2, 0.25) is 0 Å². The van der Waals surface area contributed by atoms with Crippen molar-refractivity contribution in [3.8, 4) is 0 Å². The van der Waals surface area contributed by atoms with Crippen LogP contribution >= 0.6 is 0 Å². The lowest BCUT2D eigenvalue weighted by Crippen LogP contribution is -2.40. The Morgan fingerprint density at radius 2 is 2.41 bits per heavy atom. The summed E-state index contributed by atoms with van der Waals surface area (Å²) >= 11 is 0. The largest absolute Gasteiger partial charge is 0.314 e. The molecular weight excluding hydrogens is 219 g/mol. The van der Waals surface area contributed by atoms with Gasteiger partial charge >= 0.3 is 0 Å². The summed E-state index contributed by atoms with van der Waals surface area (Å²) in [7, 11) is 1.80. The first-order valence-electron chi connectivity index (χ1n) is 6.33. The van der Waals surface area contributed by atoms with Crippen molar-refractivity contribution in [1.82, 2.24) is 20.3 Å². The topological polar surface area (TPSA) is 42.7 Å². The summed E-state index contributed by atoms with van der Waals surface area (Å²) in [6.45, 7) is 2.68. The van der Waals surface area contributed by atoms with Gasteiger partial charge in [0.15, 0.2) is 0 Å². The quantitative estimate of drug-likeness (QED) is 0.869. The molecule has 1 aliphatic heterocycles. The standard InChI is InChI=1S/C12H21FN4/c1-12(13,7-10-5-3-4-6-14-10)8-11-9-17(2)16-15-11/h9-10,14H,3-8H2,1-2H3. The molecule has 1 aromatic rings. The number of aromatic nitrogens is 3. The molecule has 0 radical (unpaired) electrons. The van der Waals surface area contributed by atoms with Gasteiger partial charge in [0.25, 0.3) is 0 Å². The zero-order chi connectivity index (χ0) is 12.3. The Balaban J connectivity index is 1.88. The molecule has 96 valence electrons. The van der Waals surface area contributed by atoms with Crippen molar-refractivity contribution in [3.05, 3.63) is 11.9 Å². The van der Waals surface area contributed by atoms with Crippen LogP contribution in [0.4, 0.5) is 4.39 Å². The minimum atomic E-state index is -1.20. The monoisotopic (exact) mass is 240 g/mol. The number of nitrogens with one attached hydrogen (secondary N) is 1. The average molecular weight is 240 g/mol. The molecule has 1 aromatic heterocycles. The maximum absolute atomic E-state index is 14.5. The number of aryl methyl sites for hydroxylation is 1. The molecule has 17 heavy (non-hydrogen) atoms. The van der Waals surface area contributed by atoms with Crippen LogP contribution in [0.25, 0.3) is 0 Å². The minimum absolute atomic E-state index is 0.315. The van der Waals surface area contributed by atoms with Crippen LogP contribution in [0.3, 0.4) is 0 Å². The van der Waals surface area contributed by atoms with Gasteiger partial charge in [0.05, 0.1) is 5.69 Å². The third kappa shape index (κ3) is 3.77. The number of alkyl halides is 1. The van der Waals surface area contributed by atoms with Gasteiger partial charge in [-0.25, -0.2) is 4.39 Å². The summed E-state index contributed by atoms with van der Waals surface area (Å²) in [5, 5.41) is 11.2. The van der Waals surface area contributed by atoms with Gasteiger partial charge in [-0.3, -0.25) is 4.68 Å². The Labute approximate surface area is 102 Å². The van der Waals surface area contributed by atoms with Gasteiger partial charge in [-0.05, 0) is 32.7 Å². The van der Waals surface area contributed by atoms with Crippen molar-refractivity contribution >= 4 is 0 Å². The van der Waals surface area contributed by atoms with Crippen LogP contribution in [-0.2, 0) is 13.5 Å². The molecule has 1 aliphatic rings. The first kappa shape index (κ1) is 12.5. The summed E-state index contributed by atoms with van der Waals surface area (Å²) in [6.07, 6.45) is 6.19. The first-order chi connectivity index (χ1) is 8.05. The van der Waals surface area contributed by atoms with Gasteiger partial charge in [-0.1, -0.05) is 11.6 Å². The van der Waals surface area contributed by atoms with Crippen LogP contribution in [0.15, 0.2) is 6.20 Å². The van der Waals surface area contributed by atoms with Gasteiger partial charge in [-0.2, -0.15) is 0 Å². The molecule has 0 spiro atoms. The molecule has 0 aliphatic carbocycles. The molecule has 1 N–H and O–H groups in total. The molecule has 1 fully saturated rings. The lowest BCUT2D eigenvalue weighted by Gasteiger charge is -2.29. The second-order valence-electron chi connectivity index (χ2n) is 5.32. The van der Waals surface area contributed by atoms with Crippen molar-refractivity contribution in [2.24, 2.45) is 7.05 Å². The number of halogens is 1. The highest BCUT2D eigenvalue weighted by Gasteiger charge is 2.29.